The van der Waals surface area contributed by atoms with Crippen LogP contribution in [-0.2, 0) is 6.54 Å². The molecule has 0 spiro atoms. The van der Waals surface area contributed by atoms with Crippen LogP contribution in [-0.4, -0.2) is 13.2 Å². The number of benzene rings is 1. The van der Waals surface area contributed by atoms with Crippen molar-refractivity contribution in [3.05, 3.63) is 26.6 Å². The standard InChI is InChI=1S/C13H15Br2NO/c1-3-5-6-17-13-11(14)7-10(8-12(13)15)9-16-4-2/h1,7-8,16H,4-6,9H2,2H3. The Morgan fingerprint density at radius 1 is 1.35 bits per heavy atom. The van der Waals surface area contributed by atoms with Crippen LogP contribution in [0.25, 0.3) is 0 Å². The third kappa shape index (κ3) is 4.71. The molecule has 0 amide bonds. The smallest absolute Gasteiger partial charge is 0.147 e. The second-order valence-corrected chi connectivity index (χ2v) is 5.18. The van der Waals surface area contributed by atoms with E-state index >= 15 is 0 Å². The Kier molecular flexibility index (Phi) is 6.64. The van der Waals surface area contributed by atoms with Crippen molar-refractivity contribution in [2.75, 3.05) is 13.2 Å². The summed E-state index contributed by atoms with van der Waals surface area (Å²) in [5.74, 6) is 3.36. The Balaban J connectivity index is 2.76. The van der Waals surface area contributed by atoms with Crippen LogP contribution in [0.1, 0.15) is 18.9 Å². The van der Waals surface area contributed by atoms with Crippen molar-refractivity contribution in [3.8, 4) is 18.1 Å². The highest BCUT2D eigenvalue weighted by molar-refractivity contribution is 9.11. The minimum absolute atomic E-state index is 0.528. The summed E-state index contributed by atoms with van der Waals surface area (Å²) in [7, 11) is 0. The van der Waals surface area contributed by atoms with Crippen LogP contribution in [0.2, 0.25) is 0 Å². The zero-order chi connectivity index (χ0) is 12.7. The van der Waals surface area contributed by atoms with Crippen LogP contribution in [0, 0.1) is 12.3 Å². The molecule has 1 aromatic carbocycles. The van der Waals surface area contributed by atoms with Gasteiger partial charge in [-0.15, -0.1) is 12.3 Å². The SMILES string of the molecule is C#CCCOc1c(Br)cc(CNCC)cc1Br. The first kappa shape index (κ1) is 14.6. The van der Waals surface area contributed by atoms with E-state index in [1.165, 1.54) is 5.56 Å². The highest BCUT2D eigenvalue weighted by atomic mass is 79.9. The van der Waals surface area contributed by atoms with Crippen LogP contribution >= 0.6 is 31.9 Å². The minimum atomic E-state index is 0.528. The van der Waals surface area contributed by atoms with Crippen molar-refractivity contribution >= 4 is 31.9 Å². The molecule has 0 radical (unpaired) electrons. The Hall–Kier alpha value is -0.500. The van der Waals surface area contributed by atoms with E-state index in [0.29, 0.717) is 13.0 Å². The summed E-state index contributed by atoms with van der Waals surface area (Å²) >= 11 is 7.02. The van der Waals surface area contributed by atoms with Gasteiger partial charge in [0.2, 0.25) is 0 Å². The van der Waals surface area contributed by atoms with Gasteiger partial charge in [0.1, 0.15) is 5.75 Å². The van der Waals surface area contributed by atoms with Gasteiger partial charge in [-0.3, -0.25) is 0 Å². The normalized spacial score (nSPS) is 10.0. The maximum atomic E-state index is 5.61. The largest absolute Gasteiger partial charge is 0.490 e. The van der Waals surface area contributed by atoms with E-state index in [-0.39, 0.29) is 0 Å². The lowest BCUT2D eigenvalue weighted by Gasteiger charge is -2.11. The van der Waals surface area contributed by atoms with Crippen LogP contribution in [0.5, 0.6) is 5.75 Å². The van der Waals surface area contributed by atoms with Crippen molar-refractivity contribution in [3.63, 3.8) is 0 Å². The van der Waals surface area contributed by atoms with Gasteiger partial charge in [0.25, 0.3) is 0 Å². The number of hydrogen-bond donors (Lipinski definition) is 1. The summed E-state index contributed by atoms with van der Waals surface area (Å²) in [6.07, 6.45) is 5.80. The molecule has 2 nitrogen and oxygen atoms in total. The summed E-state index contributed by atoms with van der Waals surface area (Å²) < 4.78 is 7.49. The second kappa shape index (κ2) is 7.75. The van der Waals surface area contributed by atoms with Crippen LogP contribution in [0.15, 0.2) is 21.1 Å². The van der Waals surface area contributed by atoms with Gasteiger partial charge in [0, 0.05) is 13.0 Å². The quantitative estimate of drug-likeness (QED) is 0.616. The van der Waals surface area contributed by atoms with Gasteiger partial charge in [-0.25, -0.2) is 0 Å². The lowest BCUT2D eigenvalue weighted by molar-refractivity contribution is 0.323. The van der Waals surface area contributed by atoms with Gasteiger partial charge >= 0.3 is 0 Å². The monoisotopic (exact) mass is 359 g/mol. The highest BCUT2D eigenvalue weighted by Crippen LogP contribution is 2.34. The van der Waals surface area contributed by atoms with E-state index < -0.39 is 0 Å². The highest BCUT2D eigenvalue weighted by Gasteiger charge is 2.08. The third-order valence-electron chi connectivity index (χ3n) is 2.13. The molecule has 0 unspecified atom stereocenters. The summed E-state index contributed by atoms with van der Waals surface area (Å²) in [5, 5.41) is 3.28. The molecule has 0 bridgehead atoms. The molecule has 1 rings (SSSR count). The second-order valence-electron chi connectivity index (χ2n) is 3.47. The van der Waals surface area contributed by atoms with Gasteiger partial charge in [-0.1, -0.05) is 6.92 Å². The molecule has 0 aromatic heterocycles. The van der Waals surface area contributed by atoms with Gasteiger partial charge in [0.05, 0.1) is 15.6 Å². The molecule has 17 heavy (non-hydrogen) atoms. The first-order chi connectivity index (χ1) is 8.19. The number of ether oxygens (including phenoxy) is 1. The molecule has 0 saturated heterocycles. The Bertz CT molecular complexity index is 389. The fourth-order valence-corrected chi connectivity index (χ4v) is 2.84. The van der Waals surface area contributed by atoms with Gasteiger partial charge in [-0.05, 0) is 56.1 Å². The molecule has 0 aliphatic heterocycles. The summed E-state index contributed by atoms with van der Waals surface area (Å²) in [6, 6.07) is 4.11. The number of terminal acetylenes is 1. The van der Waals surface area contributed by atoms with E-state index in [9.17, 15) is 0 Å². The lowest BCUT2D eigenvalue weighted by atomic mass is 10.2. The van der Waals surface area contributed by atoms with E-state index in [1.807, 2.05) is 0 Å². The van der Waals surface area contributed by atoms with Gasteiger partial charge in [-0.2, -0.15) is 0 Å². The van der Waals surface area contributed by atoms with Crippen molar-refractivity contribution in [1.82, 2.24) is 5.32 Å². The van der Waals surface area contributed by atoms with E-state index in [2.05, 4.69) is 62.2 Å². The lowest BCUT2D eigenvalue weighted by Crippen LogP contribution is -2.11. The molecule has 1 aromatic rings. The first-order valence-electron chi connectivity index (χ1n) is 5.44. The maximum Gasteiger partial charge on any atom is 0.147 e. The molecule has 0 atom stereocenters. The molecule has 0 saturated carbocycles. The first-order valence-corrected chi connectivity index (χ1v) is 7.02. The molecule has 0 aliphatic rings. The molecule has 4 heteroatoms. The molecule has 0 heterocycles. The summed E-state index contributed by atoms with van der Waals surface area (Å²) in [5.41, 5.74) is 1.20. The molecule has 0 fully saturated rings. The Morgan fingerprint density at radius 2 is 2.00 bits per heavy atom. The van der Waals surface area contributed by atoms with Crippen LogP contribution in [0.4, 0.5) is 0 Å². The number of rotatable bonds is 6. The molecular weight excluding hydrogens is 346 g/mol. The maximum absolute atomic E-state index is 5.61. The number of halogens is 2. The zero-order valence-electron chi connectivity index (χ0n) is 9.72. The minimum Gasteiger partial charge on any atom is -0.490 e. The molecule has 0 aliphatic carbocycles. The topological polar surface area (TPSA) is 21.3 Å². The van der Waals surface area contributed by atoms with E-state index in [4.69, 9.17) is 11.2 Å². The predicted octanol–water partition coefficient (Wildman–Crippen LogP) is 3.72. The average molecular weight is 361 g/mol. The molecule has 1 N–H and O–H groups in total. The van der Waals surface area contributed by atoms with Gasteiger partial charge in [0.15, 0.2) is 0 Å². The summed E-state index contributed by atoms with van der Waals surface area (Å²) in [6.45, 7) is 4.41. The van der Waals surface area contributed by atoms with Crippen molar-refractivity contribution < 1.29 is 4.74 Å². The van der Waals surface area contributed by atoms with E-state index in [0.717, 1.165) is 27.8 Å². The number of nitrogens with one attached hydrogen (secondary N) is 1. The Morgan fingerprint density at radius 3 is 2.53 bits per heavy atom. The summed E-state index contributed by atoms with van der Waals surface area (Å²) in [4.78, 5) is 0. The molecular formula is C13H15Br2NO. The number of hydrogen-bond acceptors (Lipinski definition) is 2. The predicted molar refractivity (Wildman–Crippen MR) is 78.2 cm³/mol. The average Bonchev–Trinajstić information content (AvgIpc) is 2.30. The Labute approximate surface area is 119 Å². The van der Waals surface area contributed by atoms with Crippen molar-refractivity contribution in [2.24, 2.45) is 0 Å². The van der Waals surface area contributed by atoms with Crippen LogP contribution < -0.4 is 10.1 Å². The fourth-order valence-electron chi connectivity index (χ4n) is 1.33. The zero-order valence-corrected chi connectivity index (χ0v) is 12.9. The fraction of sp³-hybridized carbons (Fsp3) is 0.385. The van der Waals surface area contributed by atoms with Gasteiger partial charge < -0.3 is 10.1 Å². The van der Waals surface area contributed by atoms with Crippen molar-refractivity contribution in [1.29, 1.82) is 0 Å². The third-order valence-corrected chi connectivity index (χ3v) is 3.31. The van der Waals surface area contributed by atoms with Crippen molar-refractivity contribution in [2.45, 2.75) is 19.9 Å². The van der Waals surface area contributed by atoms with E-state index in [1.54, 1.807) is 0 Å². The molecule has 92 valence electrons. The van der Waals surface area contributed by atoms with Crippen LogP contribution in [0.3, 0.4) is 0 Å².